The summed E-state index contributed by atoms with van der Waals surface area (Å²) in [6.45, 7) is 5.10. The maximum Gasteiger partial charge on any atom is 0.326 e. The number of carboxylic acid groups (broad SMARTS) is 1. The van der Waals surface area contributed by atoms with E-state index in [2.05, 4.69) is 16.0 Å². The molecule has 8 N–H and O–H groups in total. The topological polar surface area (TPSA) is 191 Å². The highest BCUT2D eigenvalue weighted by Crippen LogP contribution is 2.05. The van der Waals surface area contributed by atoms with E-state index in [0.717, 1.165) is 0 Å². The van der Waals surface area contributed by atoms with Crippen LogP contribution in [0.1, 0.15) is 27.7 Å². The molecule has 0 bridgehead atoms. The van der Waals surface area contributed by atoms with Crippen molar-refractivity contribution in [3.05, 3.63) is 0 Å². The Hall–Kier alpha value is -2.24. The summed E-state index contributed by atoms with van der Waals surface area (Å²) < 4.78 is 0. The molecule has 0 saturated carbocycles. The summed E-state index contributed by atoms with van der Waals surface area (Å²) in [5, 5.41) is 34.3. The third kappa shape index (κ3) is 7.89. The number of aliphatic hydroxyl groups is 2. The molecule has 0 saturated heterocycles. The molecular weight excluding hydrogens is 360 g/mol. The summed E-state index contributed by atoms with van der Waals surface area (Å²) in [4.78, 5) is 47.6. The summed E-state index contributed by atoms with van der Waals surface area (Å²) in [6, 6.07) is -4.87. The fourth-order valence-electron chi connectivity index (χ4n) is 2.10. The molecule has 0 aliphatic heterocycles. The molecule has 4 atom stereocenters. The maximum atomic E-state index is 12.4. The van der Waals surface area contributed by atoms with Crippen LogP contribution in [0.4, 0.5) is 0 Å². The van der Waals surface area contributed by atoms with Crippen molar-refractivity contribution in [2.45, 2.75) is 51.9 Å². The van der Waals surface area contributed by atoms with Crippen LogP contribution in [0.5, 0.6) is 0 Å². The van der Waals surface area contributed by atoms with Crippen LogP contribution < -0.4 is 21.7 Å². The number of nitrogens with one attached hydrogen (secondary N) is 3. The van der Waals surface area contributed by atoms with Gasteiger partial charge in [-0.05, 0) is 11.8 Å². The van der Waals surface area contributed by atoms with E-state index in [-0.39, 0.29) is 5.92 Å². The molecule has 0 heterocycles. The number of amides is 3. The summed E-state index contributed by atoms with van der Waals surface area (Å²) in [5.41, 5.74) is 5.40. The Morgan fingerprint density at radius 3 is 1.63 bits per heavy atom. The van der Waals surface area contributed by atoms with Gasteiger partial charge in [0, 0.05) is 0 Å². The van der Waals surface area contributed by atoms with E-state index in [0.29, 0.717) is 0 Å². The monoisotopic (exact) mass is 390 g/mol. The molecular formula is C16H30N4O7. The van der Waals surface area contributed by atoms with Crippen LogP contribution in [0.3, 0.4) is 0 Å². The Kier molecular flexibility index (Phi) is 10.5. The number of hydrogen-bond donors (Lipinski definition) is 7. The predicted molar refractivity (Wildman–Crippen MR) is 95.3 cm³/mol. The van der Waals surface area contributed by atoms with Crippen molar-refractivity contribution in [2.24, 2.45) is 17.6 Å². The second-order valence-electron chi connectivity index (χ2n) is 6.83. The van der Waals surface area contributed by atoms with Crippen LogP contribution in [0.25, 0.3) is 0 Å². The Morgan fingerprint density at radius 1 is 0.778 bits per heavy atom. The molecule has 0 aromatic heterocycles. The lowest BCUT2D eigenvalue weighted by Gasteiger charge is -2.26. The lowest BCUT2D eigenvalue weighted by atomic mass is 10.0. The zero-order chi connectivity index (χ0) is 21.3. The average Bonchev–Trinajstić information content (AvgIpc) is 2.59. The smallest absolute Gasteiger partial charge is 0.326 e. The predicted octanol–water partition coefficient (Wildman–Crippen LogP) is -2.85. The molecule has 3 amide bonds. The quantitative estimate of drug-likeness (QED) is 0.196. The molecule has 0 aromatic rings. The van der Waals surface area contributed by atoms with Gasteiger partial charge in [-0.25, -0.2) is 4.79 Å². The molecule has 156 valence electrons. The van der Waals surface area contributed by atoms with E-state index >= 15 is 0 Å². The zero-order valence-electron chi connectivity index (χ0n) is 15.9. The lowest BCUT2D eigenvalue weighted by molar-refractivity contribution is -0.144. The molecule has 0 radical (unpaired) electrons. The second-order valence-corrected chi connectivity index (χ2v) is 6.83. The first-order chi connectivity index (χ1) is 12.5. The molecule has 0 aromatic carbocycles. The fraction of sp³-hybridized carbons (Fsp3) is 0.750. The minimum Gasteiger partial charge on any atom is -0.480 e. The van der Waals surface area contributed by atoms with E-state index in [1.807, 2.05) is 0 Å². The van der Waals surface area contributed by atoms with Gasteiger partial charge in [-0.15, -0.1) is 0 Å². The first kappa shape index (κ1) is 24.8. The van der Waals surface area contributed by atoms with Gasteiger partial charge in [0.15, 0.2) is 0 Å². The first-order valence-corrected chi connectivity index (χ1v) is 8.57. The Balaban J connectivity index is 5.13. The third-order valence-electron chi connectivity index (χ3n) is 3.83. The van der Waals surface area contributed by atoms with Gasteiger partial charge in [-0.2, -0.15) is 0 Å². The zero-order valence-corrected chi connectivity index (χ0v) is 15.9. The molecule has 0 aliphatic rings. The number of nitrogens with two attached hydrogens (primary N) is 1. The van der Waals surface area contributed by atoms with Gasteiger partial charge in [-0.1, -0.05) is 27.7 Å². The van der Waals surface area contributed by atoms with Crippen molar-refractivity contribution >= 4 is 23.7 Å². The highest BCUT2D eigenvalue weighted by molar-refractivity contribution is 5.94. The third-order valence-corrected chi connectivity index (χ3v) is 3.83. The highest BCUT2D eigenvalue weighted by atomic mass is 16.4. The number of carboxylic acids is 1. The van der Waals surface area contributed by atoms with E-state index in [4.69, 9.17) is 15.9 Å². The van der Waals surface area contributed by atoms with Crippen LogP contribution in [-0.2, 0) is 19.2 Å². The summed E-state index contributed by atoms with van der Waals surface area (Å²) in [7, 11) is 0. The van der Waals surface area contributed by atoms with Crippen LogP contribution in [0.15, 0.2) is 0 Å². The van der Waals surface area contributed by atoms with Gasteiger partial charge in [-0.3, -0.25) is 14.4 Å². The number of carbonyl (C=O) groups is 4. The van der Waals surface area contributed by atoms with Gasteiger partial charge in [0.1, 0.15) is 24.2 Å². The lowest BCUT2D eigenvalue weighted by Crippen LogP contribution is -2.59. The van der Waals surface area contributed by atoms with Crippen molar-refractivity contribution in [2.75, 3.05) is 13.2 Å². The first-order valence-electron chi connectivity index (χ1n) is 8.57. The van der Waals surface area contributed by atoms with Gasteiger partial charge in [0.05, 0.1) is 13.2 Å². The summed E-state index contributed by atoms with van der Waals surface area (Å²) in [5.74, 6) is -4.41. The van der Waals surface area contributed by atoms with E-state index in [1.54, 1.807) is 27.7 Å². The largest absolute Gasteiger partial charge is 0.480 e. The Labute approximate surface area is 157 Å². The number of rotatable bonds is 11. The van der Waals surface area contributed by atoms with E-state index in [1.165, 1.54) is 0 Å². The Morgan fingerprint density at radius 2 is 1.26 bits per heavy atom. The average molecular weight is 390 g/mol. The number of aliphatic carboxylic acids is 1. The highest BCUT2D eigenvalue weighted by Gasteiger charge is 2.32. The molecule has 27 heavy (non-hydrogen) atoms. The maximum absolute atomic E-state index is 12.4. The van der Waals surface area contributed by atoms with Gasteiger partial charge >= 0.3 is 5.97 Å². The number of carbonyl (C=O) groups excluding carboxylic acids is 3. The SMILES string of the molecule is CC(C)C(NC(=O)C(CO)NC(=O)C(NC(=O)C(N)CO)C(C)C)C(=O)O. The molecule has 0 aliphatic carbocycles. The molecule has 0 spiro atoms. The summed E-state index contributed by atoms with van der Waals surface area (Å²) in [6.07, 6.45) is 0. The van der Waals surface area contributed by atoms with Crippen LogP contribution >= 0.6 is 0 Å². The van der Waals surface area contributed by atoms with E-state index in [9.17, 15) is 24.3 Å². The van der Waals surface area contributed by atoms with Gasteiger partial charge in [0.2, 0.25) is 17.7 Å². The summed E-state index contributed by atoms with van der Waals surface area (Å²) >= 11 is 0. The fourth-order valence-corrected chi connectivity index (χ4v) is 2.10. The molecule has 11 heteroatoms. The van der Waals surface area contributed by atoms with E-state index < -0.39 is 67.0 Å². The van der Waals surface area contributed by atoms with Crippen molar-refractivity contribution in [3.63, 3.8) is 0 Å². The number of aliphatic hydroxyl groups excluding tert-OH is 2. The van der Waals surface area contributed by atoms with Crippen LogP contribution in [-0.4, -0.2) is 76.4 Å². The van der Waals surface area contributed by atoms with Gasteiger partial charge < -0.3 is 37.0 Å². The van der Waals surface area contributed by atoms with Crippen molar-refractivity contribution in [1.29, 1.82) is 0 Å². The van der Waals surface area contributed by atoms with Gasteiger partial charge in [0.25, 0.3) is 0 Å². The Bertz CT molecular complexity index is 539. The molecule has 0 fully saturated rings. The molecule has 0 rings (SSSR count). The minimum absolute atomic E-state index is 0.385. The molecule has 11 nitrogen and oxygen atoms in total. The minimum atomic E-state index is -1.40. The normalized spacial score (nSPS) is 15.6. The van der Waals surface area contributed by atoms with Crippen molar-refractivity contribution in [3.8, 4) is 0 Å². The van der Waals surface area contributed by atoms with Crippen LogP contribution in [0, 0.1) is 11.8 Å². The van der Waals surface area contributed by atoms with Crippen LogP contribution in [0.2, 0.25) is 0 Å². The standard InChI is InChI=1S/C16H30N4O7/c1-7(2)11(19-13(23)9(17)5-21)15(25)18-10(6-22)14(24)20-12(8(3)4)16(26)27/h7-12,21-22H,5-6,17H2,1-4H3,(H,18,25)(H,19,23)(H,20,24)(H,26,27). The van der Waals surface area contributed by atoms with Crippen molar-refractivity contribution in [1.82, 2.24) is 16.0 Å². The second kappa shape index (κ2) is 11.5. The molecule has 4 unspecified atom stereocenters. The van der Waals surface area contributed by atoms with Crippen molar-refractivity contribution < 1.29 is 34.5 Å². The number of hydrogen-bond acceptors (Lipinski definition) is 7.